The predicted octanol–water partition coefficient (Wildman–Crippen LogP) is 5.20. The van der Waals surface area contributed by atoms with E-state index in [9.17, 15) is 4.79 Å². The third-order valence-corrected chi connectivity index (χ3v) is 4.19. The molecule has 1 amide bonds. The zero-order chi connectivity index (χ0) is 17.6. The lowest BCUT2D eigenvalue weighted by atomic mass is 10.1. The fraction of sp³-hybridized carbons (Fsp3) is 0.227. The first-order chi connectivity index (χ1) is 12.2. The zero-order valence-corrected chi connectivity index (χ0v) is 14.7. The van der Waals surface area contributed by atoms with Gasteiger partial charge in [-0.2, -0.15) is 0 Å². The van der Waals surface area contributed by atoms with Crippen molar-refractivity contribution in [3.63, 3.8) is 0 Å². The number of rotatable bonds is 6. The van der Waals surface area contributed by atoms with Crippen molar-refractivity contribution < 1.29 is 9.53 Å². The number of nitrogens with one attached hydrogen (secondary N) is 1. The lowest BCUT2D eigenvalue weighted by Gasteiger charge is -2.16. The smallest absolute Gasteiger partial charge is 0.265 e. The van der Waals surface area contributed by atoms with Crippen LogP contribution in [0.25, 0.3) is 10.8 Å². The van der Waals surface area contributed by atoms with Gasteiger partial charge in [-0.05, 0) is 42.5 Å². The van der Waals surface area contributed by atoms with Gasteiger partial charge < -0.3 is 10.1 Å². The fourth-order valence-corrected chi connectivity index (χ4v) is 2.85. The molecule has 1 N–H and O–H groups in total. The molecule has 0 heterocycles. The van der Waals surface area contributed by atoms with E-state index in [0.29, 0.717) is 5.75 Å². The molecule has 1 atom stereocenters. The van der Waals surface area contributed by atoms with Gasteiger partial charge >= 0.3 is 0 Å². The second-order valence-electron chi connectivity index (χ2n) is 6.17. The van der Waals surface area contributed by atoms with E-state index in [-0.39, 0.29) is 5.91 Å². The van der Waals surface area contributed by atoms with E-state index in [1.165, 1.54) is 5.56 Å². The van der Waals surface area contributed by atoms with E-state index in [4.69, 9.17) is 4.74 Å². The average Bonchev–Trinajstić information content (AvgIpc) is 2.64. The minimum absolute atomic E-state index is 0.158. The molecule has 0 saturated heterocycles. The van der Waals surface area contributed by atoms with Crippen LogP contribution in [0.3, 0.4) is 0 Å². The number of hydrogen-bond donors (Lipinski definition) is 1. The molecule has 3 aromatic carbocycles. The number of hydrogen-bond acceptors (Lipinski definition) is 2. The normalized spacial score (nSPS) is 11.9. The van der Waals surface area contributed by atoms with Gasteiger partial charge in [0.2, 0.25) is 0 Å². The number of carbonyl (C=O) groups excluding carboxylic acids is 1. The maximum absolute atomic E-state index is 12.5. The number of ether oxygens (including phenoxy) is 1. The molecule has 0 aliphatic heterocycles. The van der Waals surface area contributed by atoms with Gasteiger partial charge in [-0.15, -0.1) is 0 Å². The van der Waals surface area contributed by atoms with Crippen molar-refractivity contribution in [1.29, 1.82) is 0 Å². The van der Waals surface area contributed by atoms with E-state index in [2.05, 4.69) is 12.2 Å². The van der Waals surface area contributed by atoms with Crippen molar-refractivity contribution >= 4 is 22.4 Å². The molecule has 0 aromatic heterocycles. The maximum Gasteiger partial charge on any atom is 0.265 e. The van der Waals surface area contributed by atoms with Gasteiger partial charge in [0.05, 0.1) is 0 Å². The number of amides is 1. The number of benzene rings is 3. The third-order valence-electron chi connectivity index (χ3n) is 4.19. The van der Waals surface area contributed by atoms with Gasteiger partial charge in [-0.3, -0.25) is 4.79 Å². The van der Waals surface area contributed by atoms with E-state index in [0.717, 1.165) is 29.3 Å². The van der Waals surface area contributed by atoms with Crippen LogP contribution >= 0.6 is 0 Å². The number of aryl methyl sites for hydroxylation is 1. The summed E-state index contributed by atoms with van der Waals surface area (Å²) in [7, 11) is 0. The predicted molar refractivity (Wildman–Crippen MR) is 103 cm³/mol. The van der Waals surface area contributed by atoms with Crippen molar-refractivity contribution in [1.82, 2.24) is 0 Å². The molecule has 3 aromatic rings. The largest absolute Gasteiger partial charge is 0.481 e. The summed E-state index contributed by atoms with van der Waals surface area (Å²) in [4.78, 5) is 12.5. The Morgan fingerprint density at radius 2 is 1.72 bits per heavy atom. The summed E-state index contributed by atoms with van der Waals surface area (Å²) in [6.45, 7) is 3.92. The van der Waals surface area contributed by atoms with Gasteiger partial charge in [0.25, 0.3) is 5.91 Å². The second-order valence-corrected chi connectivity index (χ2v) is 6.17. The van der Waals surface area contributed by atoms with Crippen LogP contribution in [0.4, 0.5) is 5.69 Å². The van der Waals surface area contributed by atoms with Crippen molar-refractivity contribution in [3.8, 4) is 5.75 Å². The summed E-state index contributed by atoms with van der Waals surface area (Å²) < 4.78 is 5.78. The quantitative estimate of drug-likeness (QED) is 0.673. The highest BCUT2D eigenvalue weighted by Gasteiger charge is 2.15. The lowest BCUT2D eigenvalue weighted by Crippen LogP contribution is -2.30. The van der Waals surface area contributed by atoms with Crippen LogP contribution in [0.5, 0.6) is 5.75 Å². The van der Waals surface area contributed by atoms with Crippen molar-refractivity contribution in [2.75, 3.05) is 5.32 Å². The molecule has 0 radical (unpaired) electrons. The molecule has 3 nitrogen and oxygen atoms in total. The van der Waals surface area contributed by atoms with Crippen LogP contribution in [0.2, 0.25) is 0 Å². The molecule has 0 saturated carbocycles. The van der Waals surface area contributed by atoms with Gasteiger partial charge in [-0.25, -0.2) is 0 Å². The highest BCUT2D eigenvalue weighted by atomic mass is 16.5. The van der Waals surface area contributed by atoms with Gasteiger partial charge in [0.15, 0.2) is 6.10 Å². The third kappa shape index (κ3) is 4.18. The Kier molecular flexibility index (Phi) is 5.34. The first-order valence-corrected chi connectivity index (χ1v) is 8.71. The van der Waals surface area contributed by atoms with E-state index >= 15 is 0 Å². The maximum atomic E-state index is 12.5. The van der Waals surface area contributed by atoms with Crippen LogP contribution < -0.4 is 10.1 Å². The van der Waals surface area contributed by atoms with Crippen LogP contribution in [-0.2, 0) is 11.2 Å². The van der Waals surface area contributed by atoms with E-state index in [1.807, 2.05) is 66.7 Å². The molecule has 0 aliphatic carbocycles. The summed E-state index contributed by atoms with van der Waals surface area (Å²) in [6.07, 6.45) is 1.59. The molecule has 0 aliphatic rings. The van der Waals surface area contributed by atoms with Crippen molar-refractivity contribution in [2.45, 2.75) is 32.8 Å². The average molecular weight is 333 g/mol. The molecule has 3 rings (SSSR count). The minimum atomic E-state index is -0.573. The Morgan fingerprint density at radius 3 is 2.48 bits per heavy atom. The first-order valence-electron chi connectivity index (χ1n) is 8.71. The highest BCUT2D eigenvalue weighted by Crippen LogP contribution is 2.23. The summed E-state index contributed by atoms with van der Waals surface area (Å²) in [5, 5.41) is 5.09. The van der Waals surface area contributed by atoms with Gasteiger partial charge in [-0.1, -0.05) is 61.9 Å². The van der Waals surface area contributed by atoms with Crippen LogP contribution in [0.15, 0.2) is 66.7 Å². The summed E-state index contributed by atoms with van der Waals surface area (Å²) in [5.74, 6) is 0.550. The molecule has 1 unspecified atom stereocenters. The number of fused-ring (bicyclic) bond motifs is 1. The van der Waals surface area contributed by atoms with E-state index in [1.54, 1.807) is 6.92 Å². The Morgan fingerprint density at radius 1 is 1.00 bits per heavy atom. The number of anilines is 1. The molecule has 25 heavy (non-hydrogen) atoms. The monoisotopic (exact) mass is 333 g/mol. The molecule has 0 fully saturated rings. The molecular weight excluding hydrogens is 310 g/mol. The lowest BCUT2D eigenvalue weighted by molar-refractivity contribution is -0.122. The van der Waals surface area contributed by atoms with Crippen LogP contribution in [0.1, 0.15) is 25.8 Å². The van der Waals surface area contributed by atoms with E-state index < -0.39 is 6.10 Å². The second kappa shape index (κ2) is 7.84. The molecule has 128 valence electrons. The van der Waals surface area contributed by atoms with Gasteiger partial charge in [0, 0.05) is 11.1 Å². The number of carbonyl (C=O) groups is 1. The Balaban J connectivity index is 1.68. The Bertz CT molecular complexity index is 850. The molecule has 0 bridgehead atoms. The minimum Gasteiger partial charge on any atom is -0.481 e. The first kappa shape index (κ1) is 17.0. The zero-order valence-electron chi connectivity index (χ0n) is 14.7. The van der Waals surface area contributed by atoms with Crippen LogP contribution in [0, 0.1) is 0 Å². The topological polar surface area (TPSA) is 38.3 Å². The standard InChI is InChI=1S/C22H23NO2/c1-3-7-17-12-14-19(15-13-17)25-16(2)22(24)23-21-11-6-9-18-8-4-5-10-20(18)21/h4-6,8-16H,3,7H2,1-2H3,(H,23,24). The fourth-order valence-electron chi connectivity index (χ4n) is 2.85. The van der Waals surface area contributed by atoms with Gasteiger partial charge in [0.1, 0.15) is 5.75 Å². The summed E-state index contributed by atoms with van der Waals surface area (Å²) >= 11 is 0. The van der Waals surface area contributed by atoms with Crippen molar-refractivity contribution in [2.24, 2.45) is 0 Å². The molecular formula is C22H23NO2. The molecule has 0 spiro atoms. The Hall–Kier alpha value is -2.81. The van der Waals surface area contributed by atoms with Crippen molar-refractivity contribution in [3.05, 3.63) is 72.3 Å². The Labute approximate surface area is 148 Å². The summed E-state index contributed by atoms with van der Waals surface area (Å²) in [5.41, 5.74) is 2.08. The highest BCUT2D eigenvalue weighted by molar-refractivity contribution is 6.03. The summed E-state index contributed by atoms with van der Waals surface area (Å²) in [6, 6.07) is 21.8. The molecule has 3 heteroatoms. The van der Waals surface area contributed by atoms with Crippen LogP contribution in [-0.4, -0.2) is 12.0 Å². The SMILES string of the molecule is CCCc1ccc(OC(C)C(=O)Nc2cccc3ccccc23)cc1.